The Balaban J connectivity index is 1.43. The molecule has 0 aliphatic carbocycles. The lowest BCUT2D eigenvalue weighted by Gasteiger charge is -2.34. The van der Waals surface area contributed by atoms with Gasteiger partial charge in [-0.15, -0.1) is 11.3 Å². The summed E-state index contributed by atoms with van der Waals surface area (Å²) in [5.74, 6) is 0.342. The number of rotatable bonds is 5. The molecule has 1 aliphatic heterocycles. The Morgan fingerprint density at radius 3 is 2.17 bits per heavy atom. The van der Waals surface area contributed by atoms with E-state index in [4.69, 9.17) is 0 Å². The summed E-state index contributed by atoms with van der Waals surface area (Å²) in [6.07, 6.45) is 1.03. The molecule has 8 heteroatoms. The summed E-state index contributed by atoms with van der Waals surface area (Å²) >= 11 is 1.36. The minimum atomic E-state index is -3.58. The van der Waals surface area contributed by atoms with Gasteiger partial charge in [-0.1, -0.05) is 58.9 Å². The zero-order chi connectivity index (χ0) is 25.4. The molecule has 2 aromatic carbocycles. The van der Waals surface area contributed by atoms with Gasteiger partial charge in [-0.25, -0.2) is 13.4 Å². The Morgan fingerprint density at radius 1 is 1.00 bits per heavy atom. The third kappa shape index (κ3) is 5.82. The summed E-state index contributed by atoms with van der Waals surface area (Å²) in [7, 11) is -3.58. The summed E-state index contributed by atoms with van der Waals surface area (Å²) < 4.78 is 27.7. The van der Waals surface area contributed by atoms with Crippen molar-refractivity contribution in [2.45, 2.75) is 51.3 Å². The first-order valence-electron chi connectivity index (χ1n) is 11.9. The maximum absolute atomic E-state index is 13.1. The Hall–Kier alpha value is -2.55. The first kappa shape index (κ1) is 25.5. The summed E-state index contributed by atoms with van der Waals surface area (Å²) in [6, 6.07) is 14.4. The van der Waals surface area contributed by atoms with Gasteiger partial charge in [0.05, 0.1) is 10.6 Å². The van der Waals surface area contributed by atoms with Crippen molar-refractivity contribution >= 4 is 32.4 Å². The number of carbonyl (C=O) groups is 1. The maximum Gasteiger partial charge on any atom is 0.257 e. The SMILES string of the molecule is CC1CC(C)CN(S(=O)(=O)c2ccc(C(=O)Nc3nc(-c4ccc(C(C)(C)C)cc4)cs3)cc2)C1. The fourth-order valence-electron chi connectivity index (χ4n) is 4.50. The van der Waals surface area contributed by atoms with Gasteiger partial charge in [-0.05, 0) is 53.5 Å². The van der Waals surface area contributed by atoms with Crippen LogP contribution >= 0.6 is 11.3 Å². The van der Waals surface area contributed by atoms with Crippen molar-refractivity contribution < 1.29 is 13.2 Å². The highest BCUT2D eigenvalue weighted by Crippen LogP contribution is 2.29. The molecule has 1 aliphatic rings. The molecule has 2 atom stereocenters. The van der Waals surface area contributed by atoms with Crippen LogP contribution in [0.25, 0.3) is 11.3 Å². The molecule has 1 fully saturated rings. The number of thiazole rings is 1. The van der Waals surface area contributed by atoms with E-state index in [1.807, 2.05) is 17.5 Å². The van der Waals surface area contributed by atoms with Crippen LogP contribution in [0, 0.1) is 11.8 Å². The number of nitrogens with one attached hydrogen (secondary N) is 1. The van der Waals surface area contributed by atoms with Crippen LogP contribution in [0.3, 0.4) is 0 Å². The second kappa shape index (κ2) is 9.84. The number of aromatic nitrogens is 1. The van der Waals surface area contributed by atoms with Gasteiger partial charge < -0.3 is 0 Å². The van der Waals surface area contributed by atoms with E-state index in [1.54, 1.807) is 16.4 Å². The topological polar surface area (TPSA) is 79.4 Å². The maximum atomic E-state index is 13.1. The van der Waals surface area contributed by atoms with E-state index in [9.17, 15) is 13.2 Å². The predicted octanol–water partition coefficient (Wildman–Crippen LogP) is 6.03. The third-order valence-corrected chi connectivity index (χ3v) is 8.96. The molecule has 0 spiro atoms. The molecule has 1 amide bonds. The lowest BCUT2D eigenvalue weighted by molar-refractivity contribution is 0.102. The molecule has 0 radical (unpaired) electrons. The molecule has 3 aromatic rings. The lowest BCUT2D eigenvalue weighted by Crippen LogP contribution is -2.42. The van der Waals surface area contributed by atoms with Gasteiger partial charge in [-0.3, -0.25) is 10.1 Å². The molecule has 4 rings (SSSR count). The van der Waals surface area contributed by atoms with Crippen molar-refractivity contribution in [1.29, 1.82) is 0 Å². The van der Waals surface area contributed by atoms with Crippen LogP contribution in [-0.4, -0.2) is 36.7 Å². The number of benzene rings is 2. The standard InChI is InChI=1S/C27H33N3O3S2/c1-18-14-19(2)16-30(15-18)35(32,33)23-12-8-21(9-13-23)25(31)29-26-28-24(17-34-26)20-6-10-22(11-7-20)27(3,4)5/h6-13,17-19H,14-16H2,1-5H3,(H,28,29,31). The zero-order valence-corrected chi connectivity index (χ0v) is 22.5. The van der Waals surface area contributed by atoms with Crippen molar-refractivity contribution in [2.24, 2.45) is 11.8 Å². The number of nitrogens with zero attached hydrogens (tertiary/aromatic N) is 2. The number of anilines is 1. The van der Waals surface area contributed by atoms with Gasteiger partial charge >= 0.3 is 0 Å². The van der Waals surface area contributed by atoms with E-state index in [1.165, 1.54) is 29.0 Å². The van der Waals surface area contributed by atoms with Gasteiger partial charge in [0, 0.05) is 29.6 Å². The highest BCUT2D eigenvalue weighted by atomic mass is 32.2. The van der Waals surface area contributed by atoms with Gasteiger partial charge in [0.1, 0.15) is 0 Å². The molecular weight excluding hydrogens is 478 g/mol. The number of amides is 1. The van der Waals surface area contributed by atoms with Crippen LogP contribution in [0.4, 0.5) is 5.13 Å². The van der Waals surface area contributed by atoms with Crippen LogP contribution in [0.1, 0.15) is 57.0 Å². The normalized spacial score (nSPS) is 19.5. The van der Waals surface area contributed by atoms with Crippen molar-refractivity contribution in [3.05, 3.63) is 65.0 Å². The van der Waals surface area contributed by atoms with E-state index in [-0.39, 0.29) is 16.2 Å². The Kier molecular flexibility index (Phi) is 7.18. The van der Waals surface area contributed by atoms with Crippen LogP contribution < -0.4 is 5.32 Å². The van der Waals surface area contributed by atoms with Gasteiger partial charge in [-0.2, -0.15) is 4.31 Å². The van der Waals surface area contributed by atoms with E-state index in [0.29, 0.717) is 35.6 Å². The molecule has 1 saturated heterocycles. The number of piperidine rings is 1. The first-order chi connectivity index (χ1) is 16.4. The monoisotopic (exact) mass is 511 g/mol. The fourth-order valence-corrected chi connectivity index (χ4v) is 6.90. The van der Waals surface area contributed by atoms with E-state index in [0.717, 1.165) is 17.7 Å². The van der Waals surface area contributed by atoms with Gasteiger partial charge in [0.15, 0.2) is 5.13 Å². The summed E-state index contributed by atoms with van der Waals surface area (Å²) in [4.78, 5) is 17.5. The van der Waals surface area contributed by atoms with E-state index < -0.39 is 10.0 Å². The highest BCUT2D eigenvalue weighted by Gasteiger charge is 2.31. The van der Waals surface area contributed by atoms with Crippen molar-refractivity contribution in [2.75, 3.05) is 18.4 Å². The fraction of sp³-hybridized carbons (Fsp3) is 0.407. The smallest absolute Gasteiger partial charge is 0.257 e. The molecule has 1 aromatic heterocycles. The Bertz CT molecular complexity index is 1280. The summed E-state index contributed by atoms with van der Waals surface area (Å²) in [6.45, 7) is 11.7. The molecular formula is C27H33N3O3S2. The molecule has 2 heterocycles. The van der Waals surface area contributed by atoms with Crippen molar-refractivity contribution in [3.63, 3.8) is 0 Å². The molecule has 2 unspecified atom stereocenters. The minimum absolute atomic E-state index is 0.0826. The molecule has 0 saturated carbocycles. The van der Waals surface area contributed by atoms with Crippen LogP contribution in [-0.2, 0) is 15.4 Å². The van der Waals surface area contributed by atoms with Crippen LogP contribution in [0.15, 0.2) is 58.8 Å². The minimum Gasteiger partial charge on any atom is -0.298 e. The summed E-state index contributed by atoms with van der Waals surface area (Å²) in [5.41, 5.74) is 3.51. The molecule has 6 nitrogen and oxygen atoms in total. The largest absolute Gasteiger partial charge is 0.298 e. The Morgan fingerprint density at radius 2 is 1.60 bits per heavy atom. The second-order valence-electron chi connectivity index (χ2n) is 10.6. The Labute approximate surface area is 212 Å². The molecule has 35 heavy (non-hydrogen) atoms. The third-order valence-electron chi connectivity index (χ3n) is 6.36. The van der Waals surface area contributed by atoms with Crippen LogP contribution in [0.5, 0.6) is 0 Å². The first-order valence-corrected chi connectivity index (χ1v) is 14.2. The van der Waals surface area contributed by atoms with E-state index in [2.05, 4.69) is 57.1 Å². The molecule has 186 valence electrons. The average Bonchev–Trinajstić information content (AvgIpc) is 3.26. The predicted molar refractivity (Wildman–Crippen MR) is 142 cm³/mol. The van der Waals surface area contributed by atoms with Gasteiger partial charge in [0.2, 0.25) is 10.0 Å². The number of carbonyl (C=O) groups excluding carboxylic acids is 1. The lowest BCUT2D eigenvalue weighted by atomic mass is 9.86. The quantitative estimate of drug-likeness (QED) is 0.454. The molecule has 0 bridgehead atoms. The second-order valence-corrected chi connectivity index (χ2v) is 13.4. The number of hydrogen-bond acceptors (Lipinski definition) is 5. The zero-order valence-electron chi connectivity index (χ0n) is 20.9. The number of hydrogen-bond donors (Lipinski definition) is 1. The van der Waals surface area contributed by atoms with Gasteiger partial charge in [0.25, 0.3) is 5.91 Å². The van der Waals surface area contributed by atoms with E-state index >= 15 is 0 Å². The van der Waals surface area contributed by atoms with Crippen molar-refractivity contribution in [1.82, 2.24) is 9.29 Å². The highest BCUT2D eigenvalue weighted by molar-refractivity contribution is 7.89. The van der Waals surface area contributed by atoms with Crippen LogP contribution in [0.2, 0.25) is 0 Å². The molecule has 1 N–H and O–H groups in total. The van der Waals surface area contributed by atoms with Crippen molar-refractivity contribution in [3.8, 4) is 11.3 Å². The summed E-state index contributed by atoms with van der Waals surface area (Å²) in [5, 5.41) is 5.24. The number of sulfonamides is 1. The average molecular weight is 512 g/mol.